The lowest BCUT2D eigenvalue weighted by Crippen LogP contribution is -2.32. The number of nitrogens with zero attached hydrogens (tertiary/aromatic N) is 2. The summed E-state index contributed by atoms with van der Waals surface area (Å²) in [6.07, 6.45) is 3.41. The van der Waals surface area contributed by atoms with Gasteiger partial charge >= 0.3 is 5.97 Å². The highest BCUT2D eigenvalue weighted by atomic mass is 16.7. The number of allylic oxidation sites excluding steroid dienone is 1. The number of hydrogen-bond acceptors (Lipinski definition) is 6. The van der Waals surface area contributed by atoms with Crippen molar-refractivity contribution >= 4 is 23.1 Å². The molecule has 7 heteroatoms. The summed E-state index contributed by atoms with van der Waals surface area (Å²) < 4.78 is 0. The number of hydroxylamine groups is 1. The van der Waals surface area contributed by atoms with Crippen molar-refractivity contribution in [2.45, 2.75) is 33.6 Å². The van der Waals surface area contributed by atoms with Gasteiger partial charge in [-0.1, -0.05) is 39.0 Å². The number of carbonyl (C=O) groups excluding carboxylic acids is 2. The van der Waals surface area contributed by atoms with Crippen LogP contribution in [0.25, 0.3) is 0 Å². The van der Waals surface area contributed by atoms with Crippen LogP contribution in [0, 0.1) is 26.9 Å². The van der Waals surface area contributed by atoms with Crippen LogP contribution in [0.15, 0.2) is 66.4 Å². The summed E-state index contributed by atoms with van der Waals surface area (Å²) in [4.78, 5) is 42.0. The van der Waals surface area contributed by atoms with Crippen molar-refractivity contribution < 1.29 is 19.3 Å². The number of fused-ring (bicyclic) bond motifs is 2. The Labute approximate surface area is 180 Å². The topological polar surface area (TPSA) is 89.8 Å². The van der Waals surface area contributed by atoms with E-state index in [1.807, 2.05) is 25.1 Å². The standard InChI is InChI=1S/C24H24N2O5/c1-23(2)20-13-14-24(23,3)21(27)19(20)15-25(17-7-5-4-6-8-17)31-22(28)16-9-11-18(12-10-16)26(29)30/h4-12,15,20H,13-14H2,1-3H3/b19-15-/t20-,24-/m1/s1. The molecular weight excluding hydrogens is 396 g/mol. The number of nitro groups is 1. The molecule has 0 amide bonds. The molecular formula is C24H24N2O5. The monoisotopic (exact) mass is 420 g/mol. The van der Waals surface area contributed by atoms with Gasteiger partial charge in [0, 0.05) is 23.1 Å². The lowest BCUT2D eigenvalue weighted by atomic mass is 9.70. The Hall–Kier alpha value is -3.48. The van der Waals surface area contributed by atoms with E-state index < -0.39 is 16.3 Å². The fourth-order valence-electron chi connectivity index (χ4n) is 4.79. The van der Waals surface area contributed by atoms with Crippen LogP contribution in [0.2, 0.25) is 0 Å². The fourth-order valence-corrected chi connectivity index (χ4v) is 4.79. The van der Waals surface area contributed by atoms with Gasteiger partial charge in [-0.05, 0) is 48.4 Å². The first-order chi connectivity index (χ1) is 14.6. The van der Waals surface area contributed by atoms with Crippen LogP contribution in [0.5, 0.6) is 0 Å². The zero-order valence-electron chi connectivity index (χ0n) is 17.7. The molecule has 2 aliphatic carbocycles. The Balaban J connectivity index is 1.67. The molecule has 2 aliphatic rings. The van der Waals surface area contributed by atoms with Gasteiger partial charge in [-0.2, -0.15) is 5.06 Å². The van der Waals surface area contributed by atoms with Gasteiger partial charge in [0.15, 0.2) is 5.78 Å². The maximum absolute atomic E-state index is 13.2. The van der Waals surface area contributed by atoms with Gasteiger partial charge in [-0.3, -0.25) is 14.9 Å². The fraction of sp³-hybridized carbons (Fsp3) is 0.333. The molecule has 2 aromatic rings. The zero-order chi connectivity index (χ0) is 22.4. The number of anilines is 1. The van der Waals surface area contributed by atoms with E-state index in [1.54, 1.807) is 18.3 Å². The molecule has 0 unspecified atom stereocenters. The number of carbonyl (C=O) groups is 2. The zero-order valence-corrected chi connectivity index (χ0v) is 17.7. The molecule has 0 saturated heterocycles. The summed E-state index contributed by atoms with van der Waals surface area (Å²) in [6, 6.07) is 14.3. The van der Waals surface area contributed by atoms with E-state index in [0.717, 1.165) is 12.8 Å². The maximum Gasteiger partial charge on any atom is 0.363 e. The van der Waals surface area contributed by atoms with Crippen LogP contribution in [-0.2, 0) is 9.63 Å². The molecule has 0 N–H and O–H groups in total. The quantitative estimate of drug-likeness (QED) is 0.381. The first-order valence-corrected chi connectivity index (χ1v) is 10.2. The second-order valence-corrected chi connectivity index (χ2v) is 8.90. The van der Waals surface area contributed by atoms with Crippen LogP contribution >= 0.6 is 0 Å². The summed E-state index contributed by atoms with van der Waals surface area (Å²) in [5.74, 6) is -0.480. The van der Waals surface area contributed by atoms with E-state index in [1.165, 1.54) is 29.3 Å². The van der Waals surface area contributed by atoms with Crippen molar-refractivity contribution in [3.05, 3.63) is 82.0 Å². The molecule has 160 valence electrons. The average molecular weight is 420 g/mol. The Morgan fingerprint density at radius 1 is 1.13 bits per heavy atom. The highest BCUT2D eigenvalue weighted by Crippen LogP contribution is 2.65. The molecule has 2 fully saturated rings. The molecule has 2 saturated carbocycles. The largest absolute Gasteiger partial charge is 0.363 e. The number of ketones is 1. The Bertz CT molecular complexity index is 1070. The highest BCUT2D eigenvalue weighted by Gasteiger charge is 2.64. The van der Waals surface area contributed by atoms with Gasteiger partial charge in [-0.25, -0.2) is 4.79 Å². The average Bonchev–Trinajstić information content (AvgIpc) is 3.07. The lowest BCUT2D eigenvalue weighted by molar-refractivity contribution is -0.384. The van der Waals surface area contributed by atoms with Gasteiger partial charge in [-0.15, -0.1) is 0 Å². The van der Waals surface area contributed by atoms with E-state index in [0.29, 0.717) is 11.3 Å². The van der Waals surface area contributed by atoms with Crippen LogP contribution in [-0.4, -0.2) is 16.7 Å². The number of non-ortho nitro benzene ring substituents is 1. The lowest BCUT2D eigenvalue weighted by Gasteiger charge is -2.31. The van der Waals surface area contributed by atoms with Gasteiger partial charge in [0.2, 0.25) is 0 Å². The molecule has 4 rings (SSSR count). The molecule has 31 heavy (non-hydrogen) atoms. The molecule has 0 spiro atoms. The van der Waals surface area contributed by atoms with Crippen LogP contribution in [0.1, 0.15) is 44.0 Å². The number of para-hydroxylation sites is 1. The third-order valence-corrected chi connectivity index (χ3v) is 7.13. The number of rotatable bonds is 5. The Kier molecular flexibility index (Phi) is 4.92. The van der Waals surface area contributed by atoms with E-state index in [2.05, 4.69) is 13.8 Å². The van der Waals surface area contributed by atoms with Crippen molar-refractivity contribution in [2.24, 2.45) is 16.7 Å². The number of hydrogen-bond donors (Lipinski definition) is 0. The van der Waals surface area contributed by atoms with E-state index in [9.17, 15) is 19.7 Å². The van der Waals surface area contributed by atoms with Crippen molar-refractivity contribution in [1.82, 2.24) is 0 Å². The molecule has 2 atom stereocenters. The predicted octanol–water partition coefficient (Wildman–Crippen LogP) is 5.08. The summed E-state index contributed by atoms with van der Waals surface area (Å²) in [5, 5.41) is 12.2. The minimum absolute atomic E-state index is 0.0919. The van der Waals surface area contributed by atoms with Crippen molar-refractivity contribution in [2.75, 3.05) is 5.06 Å². The summed E-state index contributed by atoms with van der Waals surface area (Å²) in [7, 11) is 0. The highest BCUT2D eigenvalue weighted by molar-refractivity contribution is 6.05. The van der Waals surface area contributed by atoms with Gasteiger partial charge in [0.05, 0.1) is 22.4 Å². The van der Waals surface area contributed by atoms with Crippen molar-refractivity contribution in [3.8, 4) is 0 Å². The predicted molar refractivity (Wildman–Crippen MR) is 115 cm³/mol. The second-order valence-electron chi connectivity index (χ2n) is 8.90. The van der Waals surface area contributed by atoms with Gasteiger partial charge < -0.3 is 4.84 Å². The Morgan fingerprint density at radius 3 is 2.32 bits per heavy atom. The molecule has 2 aromatic carbocycles. The van der Waals surface area contributed by atoms with E-state index in [-0.39, 0.29) is 28.4 Å². The molecule has 0 aromatic heterocycles. The van der Waals surface area contributed by atoms with Crippen molar-refractivity contribution in [3.63, 3.8) is 0 Å². The van der Waals surface area contributed by atoms with Crippen LogP contribution < -0.4 is 5.06 Å². The third-order valence-electron chi connectivity index (χ3n) is 7.13. The number of benzene rings is 2. The van der Waals surface area contributed by atoms with E-state index in [4.69, 9.17) is 4.84 Å². The minimum atomic E-state index is -0.670. The van der Waals surface area contributed by atoms with Crippen LogP contribution in [0.3, 0.4) is 0 Å². The summed E-state index contributed by atoms with van der Waals surface area (Å²) in [5.41, 5.74) is 0.746. The van der Waals surface area contributed by atoms with Crippen LogP contribution in [0.4, 0.5) is 11.4 Å². The Morgan fingerprint density at radius 2 is 1.77 bits per heavy atom. The molecule has 0 radical (unpaired) electrons. The molecule has 2 bridgehead atoms. The van der Waals surface area contributed by atoms with E-state index >= 15 is 0 Å². The number of Topliss-reactive ketones (excluding diaryl/α,β-unsaturated/α-hetero) is 1. The smallest absolute Gasteiger partial charge is 0.331 e. The van der Waals surface area contributed by atoms with Gasteiger partial charge in [0.1, 0.15) is 0 Å². The third kappa shape index (κ3) is 3.30. The molecule has 0 aliphatic heterocycles. The van der Waals surface area contributed by atoms with Gasteiger partial charge in [0.25, 0.3) is 5.69 Å². The number of nitro benzene ring substituents is 1. The minimum Gasteiger partial charge on any atom is -0.331 e. The molecule has 7 nitrogen and oxygen atoms in total. The maximum atomic E-state index is 13.2. The van der Waals surface area contributed by atoms with Crippen molar-refractivity contribution in [1.29, 1.82) is 0 Å². The molecule has 0 heterocycles. The first kappa shape index (κ1) is 20.8. The summed E-state index contributed by atoms with van der Waals surface area (Å²) >= 11 is 0. The first-order valence-electron chi connectivity index (χ1n) is 10.2. The normalized spacial score (nSPS) is 24.9. The SMILES string of the molecule is CC1(C)[C@@H]2CC[C@]1(C)C(=O)/C2=C\N(OC(=O)c1ccc([N+](=O)[O-])cc1)c1ccccc1. The second kappa shape index (κ2) is 7.34. The summed E-state index contributed by atoms with van der Waals surface area (Å²) in [6.45, 7) is 6.27.